The molecule has 0 atom stereocenters. The lowest BCUT2D eigenvalue weighted by atomic mass is 10.0. The highest BCUT2D eigenvalue weighted by atomic mass is 16.5. The molecule has 5 N–H and O–H groups in total. The summed E-state index contributed by atoms with van der Waals surface area (Å²) in [6, 6.07) is 0. The van der Waals surface area contributed by atoms with E-state index in [1.165, 1.54) is 70.6 Å². The molecule has 0 aromatic carbocycles. The normalized spacial score (nSPS) is 10.5. The molecular weight excluding hydrogens is 356 g/mol. The molecule has 0 radical (unpaired) electrons. The van der Waals surface area contributed by atoms with Gasteiger partial charge in [-0.25, -0.2) is 0 Å². The third kappa shape index (κ3) is 32.9. The number of hydrogen-bond donors (Lipinski definition) is 3. The molecule has 170 valence electrons. The number of ether oxygens (including phenoxy) is 2. The second kappa shape index (κ2) is 28.5. The van der Waals surface area contributed by atoms with Gasteiger partial charge in [-0.3, -0.25) is 4.79 Å². The lowest BCUT2D eigenvalue weighted by Gasteiger charge is -2.02. The molecule has 0 fully saturated rings. The van der Waals surface area contributed by atoms with Crippen molar-refractivity contribution in [2.45, 2.75) is 96.8 Å². The van der Waals surface area contributed by atoms with E-state index < -0.39 is 5.97 Å². The van der Waals surface area contributed by atoms with Crippen LogP contribution in [-0.4, -0.2) is 50.6 Å². The predicted molar refractivity (Wildman–Crippen MR) is 118 cm³/mol. The van der Waals surface area contributed by atoms with Gasteiger partial charge in [0.15, 0.2) is 0 Å². The highest BCUT2D eigenvalue weighted by Crippen LogP contribution is 2.12. The van der Waals surface area contributed by atoms with Crippen molar-refractivity contribution in [2.24, 2.45) is 11.5 Å². The number of carboxylic acids is 1. The number of carbonyl (C=O) groups is 1. The molecule has 0 aromatic heterocycles. The van der Waals surface area contributed by atoms with Gasteiger partial charge in [0, 0.05) is 19.5 Å². The molecule has 0 bridgehead atoms. The Morgan fingerprint density at radius 2 is 1.00 bits per heavy atom. The average Bonchev–Trinajstić information content (AvgIpc) is 2.68. The maximum Gasteiger partial charge on any atom is 0.303 e. The SMILES string of the molecule is CCCCCCCCCCCCCCCC(=O)O.NCCOCCOCCN. The van der Waals surface area contributed by atoms with Crippen LogP contribution in [0.1, 0.15) is 96.8 Å². The number of carboxylic acid groups (broad SMARTS) is 1. The minimum atomic E-state index is -0.655. The quantitative estimate of drug-likeness (QED) is 0.243. The highest BCUT2D eigenvalue weighted by molar-refractivity contribution is 5.66. The summed E-state index contributed by atoms with van der Waals surface area (Å²) in [5, 5.41) is 8.49. The first kappa shape index (κ1) is 29.5. The van der Waals surface area contributed by atoms with Crippen LogP contribution >= 0.6 is 0 Å². The fourth-order valence-electron chi connectivity index (χ4n) is 2.78. The van der Waals surface area contributed by atoms with E-state index in [1.54, 1.807) is 0 Å². The Kier molecular flexibility index (Phi) is 30.1. The molecule has 0 amide bonds. The van der Waals surface area contributed by atoms with Crippen molar-refractivity contribution in [3.63, 3.8) is 0 Å². The Balaban J connectivity index is 0. The molecule has 0 rings (SSSR count). The number of hydrogen-bond acceptors (Lipinski definition) is 5. The molecule has 0 saturated heterocycles. The van der Waals surface area contributed by atoms with Crippen LogP contribution in [-0.2, 0) is 14.3 Å². The number of unbranched alkanes of at least 4 members (excludes halogenated alkanes) is 12. The van der Waals surface area contributed by atoms with Gasteiger partial charge in [-0.2, -0.15) is 0 Å². The van der Waals surface area contributed by atoms with Crippen LogP contribution in [0.25, 0.3) is 0 Å². The molecule has 0 heterocycles. The van der Waals surface area contributed by atoms with Gasteiger partial charge < -0.3 is 26.0 Å². The number of rotatable bonds is 21. The molecule has 0 saturated carbocycles. The van der Waals surface area contributed by atoms with Crippen molar-refractivity contribution in [3.8, 4) is 0 Å². The zero-order valence-corrected chi connectivity index (χ0v) is 18.5. The van der Waals surface area contributed by atoms with Gasteiger partial charge >= 0.3 is 5.97 Å². The van der Waals surface area contributed by atoms with Crippen LogP contribution in [0.15, 0.2) is 0 Å². The summed E-state index contributed by atoms with van der Waals surface area (Å²) in [7, 11) is 0. The average molecular weight is 405 g/mol. The van der Waals surface area contributed by atoms with E-state index in [-0.39, 0.29) is 0 Å². The fourth-order valence-corrected chi connectivity index (χ4v) is 2.78. The summed E-state index contributed by atoms with van der Waals surface area (Å²) in [4.78, 5) is 10.3. The van der Waals surface area contributed by atoms with Crippen molar-refractivity contribution in [1.29, 1.82) is 0 Å². The maximum absolute atomic E-state index is 10.3. The highest BCUT2D eigenvalue weighted by Gasteiger charge is 1.96. The zero-order chi connectivity index (χ0) is 21.1. The van der Waals surface area contributed by atoms with Gasteiger partial charge in [-0.15, -0.1) is 0 Å². The van der Waals surface area contributed by atoms with Gasteiger partial charge in [0.05, 0.1) is 26.4 Å². The summed E-state index contributed by atoms with van der Waals surface area (Å²) in [5.74, 6) is -0.655. The predicted octanol–water partition coefficient (Wildman–Crippen LogP) is 4.49. The van der Waals surface area contributed by atoms with E-state index in [1.807, 2.05) is 0 Å². The minimum Gasteiger partial charge on any atom is -0.481 e. The van der Waals surface area contributed by atoms with Crippen molar-refractivity contribution >= 4 is 5.97 Å². The third-order valence-corrected chi connectivity index (χ3v) is 4.39. The topological polar surface area (TPSA) is 108 Å². The molecule has 0 spiro atoms. The van der Waals surface area contributed by atoms with Crippen molar-refractivity contribution in [3.05, 3.63) is 0 Å². The van der Waals surface area contributed by atoms with E-state index in [2.05, 4.69) is 6.92 Å². The Morgan fingerprint density at radius 1 is 0.643 bits per heavy atom. The molecule has 28 heavy (non-hydrogen) atoms. The van der Waals surface area contributed by atoms with Crippen LogP contribution in [0.4, 0.5) is 0 Å². The van der Waals surface area contributed by atoms with E-state index >= 15 is 0 Å². The van der Waals surface area contributed by atoms with E-state index in [9.17, 15) is 4.79 Å². The smallest absolute Gasteiger partial charge is 0.303 e. The van der Waals surface area contributed by atoms with Crippen molar-refractivity contribution < 1.29 is 19.4 Å². The Hall–Kier alpha value is -0.690. The first-order valence-corrected chi connectivity index (χ1v) is 11.5. The molecule has 0 aliphatic heterocycles. The molecule has 0 unspecified atom stereocenters. The van der Waals surface area contributed by atoms with Crippen LogP contribution in [0, 0.1) is 0 Å². The van der Waals surface area contributed by atoms with Crippen LogP contribution < -0.4 is 11.5 Å². The summed E-state index contributed by atoms with van der Waals surface area (Å²) in [5.41, 5.74) is 10.4. The number of nitrogens with two attached hydrogens (primary N) is 2. The summed E-state index contributed by atoms with van der Waals surface area (Å²) >= 11 is 0. The summed E-state index contributed by atoms with van der Waals surface area (Å²) in [6.07, 6.45) is 17.3. The molecule has 6 heteroatoms. The standard InChI is InChI=1S/C16H32O2.C6H16N2O2/c1-2-3-4-5-6-7-8-9-10-11-12-13-14-15-16(17)18;7-1-3-9-5-6-10-4-2-8/h2-15H2,1H3,(H,17,18);1-8H2. The minimum absolute atomic E-state index is 0.345. The Labute approximate surface area is 173 Å². The fraction of sp³-hybridized carbons (Fsp3) is 0.955. The molecular formula is C22H48N2O4. The first-order chi connectivity index (χ1) is 13.7. The monoisotopic (exact) mass is 404 g/mol. The van der Waals surface area contributed by atoms with Gasteiger partial charge in [-0.1, -0.05) is 84.0 Å². The van der Waals surface area contributed by atoms with Gasteiger partial charge in [0.2, 0.25) is 0 Å². The molecule has 6 nitrogen and oxygen atoms in total. The Morgan fingerprint density at radius 3 is 1.32 bits per heavy atom. The van der Waals surface area contributed by atoms with Gasteiger partial charge in [0.1, 0.15) is 0 Å². The molecule has 0 aliphatic rings. The van der Waals surface area contributed by atoms with Crippen molar-refractivity contribution in [1.82, 2.24) is 0 Å². The maximum atomic E-state index is 10.3. The Bertz CT molecular complexity index is 284. The second-order valence-electron chi connectivity index (χ2n) is 7.19. The summed E-state index contributed by atoms with van der Waals surface area (Å²) in [6.45, 7) is 5.82. The number of aliphatic carboxylic acids is 1. The van der Waals surface area contributed by atoms with Crippen LogP contribution in [0.5, 0.6) is 0 Å². The second-order valence-corrected chi connectivity index (χ2v) is 7.19. The lowest BCUT2D eigenvalue weighted by Crippen LogP contribution is -2.14. The molecule has 0 aliphatic carbocycles. The molecule has 0 aromatic rings. The van der Waals surface area contributed by atoms with Gasteiger partial charge in [0.25, 0.3) is 0 Å². The summed E-state index contributed by atoms with van der Waals surface area (Å²) < 4.78 is 10.1. The van der Waals surface area contributed by atoms with Crippen LogP contribution in [0.3, 0.4) is 0 Å². The first-order valence-electron chi connectivity index (χ1n) is 11.5. The largest absolute Gasteiger partial charge is 0.481 e. The van der Waals surface area contributed by atoms with Crippen molar-refractivity contribution in [2.75, 3.05) is 39.5 Å². The van der Waals surface area contributed by atoms with Gasteiger partial charge in [-0.05, 0) is 6.42 Å². The van der Waals surface area contributed by atoms with E-state index in [4.69, 9.17) is 26.0 Å². The lowest BCUT2D eigenvalue weighted by molar-refractivity contribution is -0.137. The van der Waals surface area contributed by atoms with E-state index in [0.29, 0.717) is 45.9 Å². The van der Waals surface area contributed by atoms with Crippen LogP contribution in [0.2, 0.25) is 0 Å². The zero-order valence-electron chi connectivity index (χ0n) is 18.5. The third-order valence-electron chi connectivity index (χ3n) is 4.39. The van der Waals surface area contributed by atoms with E-state index in [0.717, 1.165) is 12.8 Å².